The zero-order valence-electron chi connectivity index (χ0n) is 27.4. The molecule has 1 aliphatic heterocycles. The lowest BCUT2D eigenvalue weighted by atomic mass is 10.1. The number of fused-ring (bicyclic) bond motifs is 4. The quantitative estimate of drug-likeness (QED) is 0.183. The number of likely N-dealkylation sites (tertiary alicyclic amines) is 1. The molecule has 0 unspecified atom stereocenters. The molecule has 43 heavy (non-hydrogen) atoms. The van der Waals surface area contributed by atoms with Crippen molar-refractivity contribution in [2.45, 2.75) is 92.4 Å². The van der Waals surface area contributed by atoms with Gasteiger partial charge >= 0.3 is 0 Å². The molecule has 5 rings (SSSR count). The Bertz CT molecular complexity index is 1510. The topological polar surface area (TPSA) is 62.9 Å². The van der Waals surface area contributed by atoms with Gasteiger partial charge in [0, 0.05) is 36.5 Å². The molecule has 1 saturated heterocycles. The van der Waals surface area contributed by atoms with Crippen molar-refractivity contribution >= 4 is 45.0 Å². The summed E-state index contributed by atoms with van der Waals surface area (Å²) in [6.45, 7) is 16.6. The number of rotatable bonds is 10. The first kappa shape index (κ1) is 33.2. The number of imidazole rings is 1. The molecule has 0 radical (unpaired) electrons. The average Bonchev–Trinajstić information content (AvgIpc) is 3.55. The Hall–Kier alpha value is -2.71. The third kappa shape index (κ3) is 8.48. The van der Waals surface area contributed by atoms with Crippen LogP contribution in [0.4, 0.5) is 0 Å². The van der Waals surface area contributed by atoms with Gasteiger partial charge in [-0.25, -0.2) is 9.38 Å². The highest BCUT2D eigenvalue weighted by Gasteiger charge is 2.20. The van der Waals surface area contributed by atoms with Crippen LogP contribution in [0.5, 0.6) is 0 Å². The summed E-state index contributed by atoms with van der Waals surface area (Å²) in [6, 6.07) is 5.61. The molecular weight excluding hydrogens is 554 g/mol. The summed E-state index contributed by atoms with van der Waals surface area (Å²) >= 11 is 1.48. The van der Waals surface area contributed by atoms with Crippen molar-refractivity contribution in [3.8, 4) is 0 Å². The van der Waals surface area contributed by atoms with Crippen molar-refractivity contribution in [2.24, 2.45) is 18.9 Å². The molecule has 0 bridgehead atoms. The SMILES string of the molecule is CC(C)CCN(CCC(C)C)C(=O)c1ccc2c(c1)n(C)c1nc3cscc3c(=O)n21.CCCCN1CCCCCCC1. The van der Waals surface area contributed by atoms with E-state index in [1.165, 1.54) is 75.9 Å². The fourth-order valence-electron chi connectivity index (χ4n) is 5.81. The number of carbonyl (C=O) groups is 1. The molecule has 8 heteroatoms. The maximum absolute atomic E-state index is 13.4. The predicted octanol–water partition coefficient (Wildman–Crippen LogP) is 7.99. The number of thiophene rings is 1. The molecule has 1 aliphatic rings. The Kier molecular flexibility index (Phi) is 12.2. The molecule has 1 aromatic carbocycles. The number of aromatic nitrogens is 3. The van der Waals surface area contributed by atoms with E-state index >= 15 is 0 Å². The van der Waals surface area contributed by atoms with E-state index in [1.807, 2.05) is 45.5 Å². The average molecular weight is 608 g/mol. The van der Waals surface area contributed by atoms with Crippen molar-refractivity contribution in [1.29, 1.82) is 0 Å². The fraction of sp³-hybridized carbons (Fsp3) is 0.629. The zero-order chi connectivity index (χ0) is 30.9. The monoisotopic (exact) mass is 607 g/mol. The highest BCUT2D eigenvalue weighted by molar-refractivity contribution is 7.09. The van der Waals surface area contributed by atoms with Gasteiger partial charge in [-0.05, 0) is 81.8 Å². The first-order valence-corrected chi connectivity index (χ1v) is 17.5. The molecule has 236 valence electrons. The summed E-state index contributed by atoms with van der Waals surface area (Å²) in [7, 11) is 1.89. The lowest BCUT2D eigenvalue weighted by molar-refractivity contribution is 0.0741. The van der Waals surface area contributed by atoms with E-state index in [0.717, 1.165) is 37.0 Å². The van der Waals surface area contributed by atoms with Gasteiger partial charge < -0.3 is 14.4 Å². The fourth-order valence-corrected chi connectivity index (χ4v) is 6.55. The lowest BCUT2D eigenvalue weighted by Crippen LogP contribution is -2.34. The largest absolute Gasteiger partial charge is 0.339 e. The third-order valence-electron chi connectivity index (χ3n) is 8.64. The van der Waals surface area contributed by atoms with Crippen LogP contribution in [0, 0.1) is 11.8 Å². The molecule has 7 nitrogen and oxygen atoms in total. The van der Waals surface area contributed by atoms with Crippen LogP contribution in [0.15, 0.2) is 33.8 Å². The molecule has 3 aromatic heterocycles. The Balaban J connectivity index is 0.000000296. The standard InChI is InChI=1S/C24H30N4O2S.C11H23N/c1-15(2)8-10-27(11-9-16(3)4)22(29)17-6-7-20-21(12-17)26(5)24-25-19-14-31-13-18(19)23(30)28(20)24;1-2-3-9-12-10-7-5-4-6-8-11-12/h6-7,12-16H,8-11H2,1-5H3;2-11H2,1H3. The van der Waals surface area contributed by atoms with Gasteiger partial charge in [0.1, 0.15) is 0 Å². The Morgan fingerprint density at radius 2 is 1.60 bits per heavy atom. The number of amides is 1. The van der Waals surface area contributed by atoms with Crippen LogP contribution in [0.25, 0.3) is 27.7 Å². The number of aryl methyl sites for hydroxylation is 1. The normalized spacial score (nSPS) is 14.8. The van der Waals surface area contributed by atoms with Crippen molar-refractivity contribution in [3.63, 3.8) is 0 Å². The van der Waals surface area contributed by atoms with Gasteiger partial charge in [0.15, 0.2) is 0 Å². The summed E-state index contributed by atoms with van der Waals surface area (Å²) in [5, 5.41) is 4.36. The molecule has 1 fully saturated rings. The zero-order valence-corrected chi connectivity index (χ0v) is 28.2. The summed E-state index contributed by atoms with van der Waals surface area (Å²) in [5.74, 6) is 1.73. The van der Waals surface area contributed by atoms with Gasteiger partial charge in [0.25, 0.3) is 11.5 Å². The van der Waals surface area contributed by atoms with E-state index in [1.54, 1.807) is 4.40 Å². The Morgan fingerprint density at radius 1 is 0.953 bits per heavy atom. The minimum Gasteiger partial charge on any atom is -0.339 e. The number of hydrogen-bond acceptors (Lipinski definition) is 5. The second-order valence-corrected chi connectivity index (χ2v) is 13.8. The van der Waals surface area contributed by atoms with E-state index in [2.05, 4.69) is 44.5 Å². The molecule has 0 spiro atoms. The summed E-state index contributed by atoms with van der Waals surface area (Å²) in [4.78, 5) is 35.7. The van der Waals surface area contributed by atoms with E-state index in [9.17, 15) is 9.59 Å². The van der Waals surface area contributed by atoms with Gasteiger partial charge in [0.05, 0.1) is 21.9 Å². The van der Waals surface area contributed by atoms with E-state index in [0.29, 0.717) is 34.1 Å². The smallest absolute Gasteiger partial charge is 0.268 e. The van der Waals surface area contributed by atoms with Crippen molar-refractivity contribution in [3.05, 3.63) is 44.9 Å². The first-order valence-electron chi connectivity index (χ1n) is 16.6. The Labute approximate surface area is 261 Å². The number of hydrogen-bond donors (Lipinski definition) is 0. The van der Waals surface area contributed by atoms with Crippen molar-refractivity contribution < 1.29 is 4.79 Å². The van der Waals surface area contributed by atoms with Gasteiger partial charge in [-0.1, -0.05) is 60.3 Å². The molecular formula is C35H53N5O2S. The van der Waals surface area contributed by atoms with Crippen molar-refractivity contribution in [1.82, 2.24) is 23.8 Å². The minimum atomic E-state index is -0.0681. The van der Waals surface area contributed by atoms with Crippen LogP contribution in [-0.2, 0) is 7.05 Å². The van der Waals surface area contributed by atoms with Gasteiger partial charge in [0.2, 0.25) is 5.78 Å². The van der Waals surface area contributed by atoms with Crippen LogP contribution in [0.3, 0.4) is 0 Å². The lowest BCUT2D eigenvalue weighted by Gasteiger charge is -2.24. The number of carbonyl (C=O) groups excluding carboxylic acids is 1. The van der Waals surface area contributed by atoms with Crippen LogP contribution >= 0.6 is 11.3 Å². The van der Waals surface area contributed by atoms with Gasteiger partial charge in [-0.15, -0.1) is 11.3 Å². The predicted molar refractivity (Wildman–Crippen MR) is 183 cm³/mol. The van der Waals surface area contributed by atoms with Crippen LogP contribution in [0.1, 0.15) is 103 Å². The highest BCUT2D eigenvalue weighted by Crippen LogP contribution is 2.23. The maximum atomic E-state index is 13.4. The summed E-state index contributed by atoms with van der Waals surface area (Å²) in [6.07, 6.45) is 12.0. The molecule has 0 saturated carbocycles. The first-order chi connectivity index (χ1) is 20.7. The molecule has 0 N–H and O–H groups in total. The van der Waals surface area contributed by atoms with Crippen LogP contribution in [0.2, 0.25) is 0 Å². The molecule has 1 amide bonds. The second-order valence-electron chi connectivity index (χ2n) is 13.1. The number of unbranched alkanes of at least 4 members (excludes halogenated alkanes) is 1. The van der Waals surface area contributed by atoms with Crippen molar-refractivity contribution in [2.75, 3.05) is 32.7 Å². The molecule has 4 heterocycles. The molecule has 4 aromatic rings. The van der Waals surface area contributed by atoms with E-state index in [4.69, 9.17) is 0 Å². The third-order valence-corrected chi connectivity index (χ3v) is 9.37. The van der Waals surface area contributed by atoms with Crippen LogP contribution in [-0.4, -0.2) is 62.4 Å². The molecule has 0 atom stereocenters. The summed E-state index contributed by atoms with van der Waals surface area (Å²) < 4.78 is 3.55. The second kappa shape index (κ2) is 15.8. The van der Waals surface area contributed by atoms with E-state index in [-0.39, 0.29) is 11.5 Å². The Morgan fingerprint density at radius 3 is 2.23 bits per heavy atom. The highest BCUT2D eigenvalue weighted by atomic mass is 32.1. The van der Waals surface area contributed by atoms with Gasteiger partial charge in [-0.3, -0.25) is 9.59 Å². The molecule has 0 aliphatic carbocycles. The number of benzene rings is 1. The van der Waals surface area contributed by atoms with Crippen LogP contribution < -0.4 is 5.56 Å². The minimum absolute atomic E-state index is 0.0503. The summed E-state index contributed by atoms with van der Waals surface area (Å²) in [5.41, 5.74) is 2.90. The maximum Gasteiger partial charge on any atom is 0.268 e. The van der Waals surface area contributed by atoms with Gasteiger partial charge in [-0.2, -0.15) is 0 Å². The number of nitrogens with zero attached hydrogens (tertiary/aromatic N) is 5. The van der Waals surface area contributed by atoms with E-state index < -0.39 is 0 Å².